The van der Waals surface area contributed by atoms with Crippen LogP contribution in [0.2, 0.25) is 0 Å². The Labute approximate surface area is 150 Å². The van der Waals surface area contributed by atoms with Crippen LogP contribution in [0.3, 0.4) is 0 Å². The quantitative estimate of drug-likeness (QED) is 0.816. The first-order valence-electron chi connectivity index (χ1n) is 9.55. The van der Waals surface area contributed by atoms with Crippen LogP contribution < -0.4 is 5.32 Å². The summed E-state index contributed by atoms with van der Waals surface area (Å²) in [5.41, 5.74) is 2.37. The maximum atomic E-state index is 12.8. The van der Waals surface area contributed by atoms with Crippen molar-refractivity contribution in [2.75, 3.05) is 0 Å². The standard InChI is InChI=1S/C21H29NO3/c1-4-12(2)14-5-7-15(8-6-14)13(3)22-20(23)18-16-9-10-17(11-16)19(18)21(24)25/h5-8,12-13,16-19H,4,9-11H2,1-3H3,(H,22,23)(H,24,25)/t12-,13+,16+,17-,18+,19-/m0/s1. The molecular weight excluding hydrogens is 314 g/mol. The molecule has 0 radical (unpaired) electrons. The fourth-order valence-corrected chi connectivity index (χ4v) is 4.77. The van der Waals surface area contributed by atoms with E-state index in [4.69, 9.17) is 0 Å². The molecule has 2 bridgehead atoms. The second-order valence-corrected chi connectivity index (χ2v) is 7.93. The molecule has 1 amide bonds. The lowest BCUT2D eigenvalue weighted by Gasteiger charge is -2.28. The molecule has 2 aliphatic rings. The predicted molar refractivity (Wildman–Crippen MR) is 97.2 cm³/mol. The molecule has 0 aliphatic heterocycles. The molecule has 4 nitrogen and oxygen atoms in total. The van der Waals surface area contributed by atoms with Gasteiger partial charge in [0.15, 0.2) is 0 Å². The third-order valence-electron chi connectivity index (χ3n) is 6.48. The Morgan fingerprint density at radius 3 is 2.20 bits per heavy atom. The fourth-order valence-electron chi connectivity index (χ4n) is 4.77. The zero-order chi connectivity index (χ0) is 18.1. The Morgan fingerprint density at radius 2 is 1.64 bits per heavy atom. The van der Waals surface area contributed by atoms with Gasteiger partial charge in [-0.15, -0.1) is 0 Å². The highest BCUT2D eigenvalue weighted by molar-refractivity contribution is 5.86. The van der Waals surface area contributed by atoms with E-state index in [0.29, 0.717) is 5.92 Å². The molecule has 2 fully saturated rings. The minimum absolute atomic E-state index is 0.0851. The summed E-state index contributed by atoms with van der Waals surface area (Å²) in [5.74, 6) is -0.799. The van der Waals surface area contributed by atoms with E-state index in [9.17, 15) is 14.7 Å². The number of hydrogen-bond donors (Lipinski definition) is 2. The first-order valence-corrected chi connectivity index (χ1v) is 9.55. The SMILES string of the molecule is CC[C@H](C)c1ccc([C@@H](C)NC(=O)[C@@H]2[C@@H]3CC[C@@H](C3)[C@@H]2C(=O)O)cc1. The Morgan fingerprint density at radius 1 is 1.08 bits per heavy atom. The van der Waals surface area contributed by atoms with Gasteiger partial charge in [-0.2, -0.15) is 0 Å². The largest absolute Gasteiger partial charge is 0.481 e. The van der Waals surface area contributed by atoms with Gasteiger partial charge in [-0.05, 0) is 61.5 Å². The molecule has 4 heteroatoms. The Balaban J connectivity index is 1.67. The van der Waals surface area contributed by atoms with E-state index in [1.165, 1.54) is 5.56 Å². The molecule has 0 saturated heterocycles. The number of carbonyl (C=O) groups excluding carboxylic acids is 1. The maximum absolute atomic E-state index is 12.8. The van der Waals surface area contributed by atoms with Crippen LogP contribution in [0.4, 0.5) is 0 Å². The Hall–Kier alpha value is -1.84. The molecule has 2 N–H and O–H groups in total. The fraction of sp³-hybridized carbons (Fsp3) is 0.619. The van der Waals surface area contributed by atoms with E-state index in [1.54, 1.807) is 0 Å². The maximum Gasteiger partial charge on any atom is 0.307 e. The third kappa shape index (κ3) is 3.44. The molecule has 1 aromatic rings. The minimum Gasteiger partial charge on any atom is -0.481 e. The number of carbonyl (C=O) groups is 2. The number of aliphatic carboxylic acids is 1. The van der Waals surface area contributed by atoms with Crippen molar-refractivity contribution in [1.82, 2.24) is 5.32 Å². The molecule has 0 spiro atoms. The van der Waals surface area contributed by atoms with Gasteiger partial charge in [0.1, 0.15) is 0 Å². The van der Waals surface area contributed by atoms with Crippen LogP contribution in [0.25, 0.3) is 0 Å². The third-order valence-corrected chi connectivity index (χ3v) is 6.48. The van der Waals surface area contributed by atoms with E-state index in [2.05, 4.69) is 43.4 Å². The van der Waals surface area contributed by atoms with Crippen LogP contribution in [0, 0.1) is 23.7 Å². The van der Waals surface area contributed by atoms with Gasteiger partial charge in [0.25, 0.3) is 0 Å². The first kappa shape index (κ1) is 18.0. The van der Waals surface area contributed by atoms with Crippen LogP contribution in [0.1, 0.15) is 69.5 Å². The van der Waals surface area contributed by atoms with Crippen molar-refractivity contribution in [3.8, 4) is 0 Å². The molecule has 2 saturated carbocycles. The van der Waals surface area contributed by atoms with Gasteiger partial charge in [0, 0.05) is 0 Å². The lowest BCUT2D eigenvalue weighted by atomic mass is 9.78. The second kappa shape index (κ2) is 7.19. The highest BCUT2D eigenvalue weighted by Crippen LogP contribution is 2.52. The number of carboxylic acid groups (broad SMARTS) is 1. The Kier molecular flexibility index (Phi) is 5.16. The van der Waals surface area contributed by atoms with Gasteiger partial charge >= 0.3 is 5.97 Å². The molecule has 1 aromatic carbocycles. The minimum atomic E-state index is -0.807. The van der Waals surface area contributed by atoms with Crippen molar-refractivity contribution in [2.45, 2.75) is 58.4 Å². The van der Waals surface area contributed by atoms with E-state index in [-0.39, 0.29) is 29.7 Å². The zero-order valence-corrected chi connectivity index (χ0v) is 15.4. The summed E-state index contributed by atoms with van der Waals surface area (Å²) in [6, 6.07) is 8.30. The molecule has 2 aliphatic carbocycles. The van der Waals surface area contributed by atoms with Crippen molar-refractivity contribution in [2.24, 2.45) is 23.7 Å². The molecule has 0 heterocycles. The van der Waals surface area contributed by atoms with Crippen molar-refractivity contribution >= 4 is 11.9 Å². The van der Waals surface area contributed by atoms with Crippen LogP contribution in [0.15, 0.2) is 24.3 Å². The summed E-state index contributed by atoms with van der Waals surface area (Å²) >= 11 is 0. The number of carboxylic acids is 1. The van der Waals surface area contributed by atoms with Crippen molar-refractivity contribution in [1.29, 1.82) is 0 Å². The van der Waals surface area contributed by atoms with Gasteiger partial charge < -0.3 is 10.4 Å². The van der Waals surface area contributed by atoms with Crippen LogP contribution >= 0.6 is 0 Å². The average Bonchev–Trinajstić information content (AvgIpc) is 3.22. The van der Waals surface area contributed by atoms with Gasteiger partial charge in [-0.1, -0.05) is 38.1 Å². The molecule has 0 aromatic heterocycles. The van der Waals surface area contributed by atoms with Crippen LogP contribution in [-0.4, -0.2) is 17.0 Å². The summed E-state index contributed by atoms with van der Waals surface area (Å²) in [6.45, 7) is 6.36. The van der Waals surface area contributed by atoms with E-state index < -0.39 is 11.9 Å². The topological polar surface area (TPSA) is 66.4 Å². The van der Waals surface area contributed by atoms with Crippen LogP contribution in [0.5, 0.6) is 0 Å². The molecule has 0 unspecified atom stereocenters. The predicted octanol–water partition coefficient (Wildman–Crippen LogP) is 4.12. The molecule has 6 atom stereocenters. The molecule has 25 heavy (non-hydrogen) atoms. The molecular formula is C21H29NO3. The number of benzene rings is 1. The summed E-state index contributed by atoms with van der Waals surface area (Å²) < 4.78 is 0. The molecule has 3 rings (SSSR count). The van der Waals surface area contributed by atoms with Gasteiger partial charge in [0.05, 0.1) is 17.9 Å². The first-order chi connectivity index (χ1) is 11.9. The summed E-state index contributed by atoms with van der Waals surface area (Å²) in [4.78, 5) is 24.4. The van der Waals surface area contributed by atoms with Gasteiger partial charge in [-0.25, -0.2) is 0 Å². The van der Waals surface area contributed by atoms with Gasteiger partial charge in [0.2, 0.25) is 5.91 Å². The summed E-state index contributed by atoms with van der Waals surface area (Å²) in [6.07, 6.45) is 3.95. The van der Waals surface area contributed by atoms with Crippen molar-refractivity contribution < 1.29 is 14.7 Å². The lowest BCUT2D eigenvalue weighted by molar-refractivity contribution is -0.149. The van der Waals surface area contributed by atoms with Crippen molar-refractivity contribution in [3.05, 3.63) is 35.4 Å². The highest BCUT2D eigenvalue weighted by atomic mass is 16.4. The van der Waals surface area contributed by atoms with E-state index in [1.807, 2.05) is 6.92 Å². The summed E-state index contributed by atoms with van der Waals surface area (Å²) in [5, 5.41) is 12.6. The number of rotatable bonds is 6. The van der Waals surface area contributed by atoms with Crippen molar-refractivity contribution in [3.63, 3.8) is 0 Å². The van der Waals surface area contributed by atoms with E-state index >= 15 is 0 Å². The monoisotopic (exact) mass is 343 g/mol. The average molecular weight is 343 g/mol. The second-order valence-electron chi connectivity index (χ2n) is 7.93. The number of hydrogen-bond acceptors (Lipinski definition) is 2. The van der Waals surface area contributed by atoms with Crippen LogP contribution in [-0.2, 0) is 9.59 Å². The van der Waals surface area contributed by atoms with Gasteiger partial charge in [-0.3, -0.25) is 9.59 Å². The lowest BCUT2D eigenvalue weighted by Crippen LogP contribution is -2.42. The highest BCUT2D eigenvalue weighted by Gasteiger charge is 2.54. The Bertz CT molecular complexity index is 639. The number of nitrogens with one attached hydrogen (secondary N) is 1. The smallest absolute Gasteiger partial charge is 0.307 e. The normalized spacial score (nSPS) is 30.0. The van der Waals surface area contributed by atoms with E-state index in [0.717, 1.165) is 31.2 Å². The zero-order valence-electron chi connectivity index (χ0n) is 15.4. The number of fused-ring (bicyclic) bond motifs is 2. The molecule has 136 valence electrons. The summed E-state index contributed by atoms with van der Waals surface area (Å²) in [7, 11) is 0. The number of amides is 1.